The number of amides is 1. The Balaban J connectivity index is 2.52. The van der Waals surface area contributed by atoms with Gasteiger partial charge in [0, 0.05) is 6.54 Å². The molecule has 0 fully saturated rings. The molecule has 3 heteroatoms. The van der Waals surface area contributed by atoms with Crippen LogP contribution in [0.5, 0.6) is 5.75 Å². The molecule has 0 unspecified atom stereocenters. The minimum atomic E-state index is -0.388. The average molecular weight is 193 g/mol. The fourth-order valence-corrected chi connectivity index (χ4v) is 1.03. The molecule has 76 valence electrons. The zero-order valence-electron chi connectivity index (χ0n) is 8.54. The van der Waals surface area contributed by atoms with Crippen molar-refractivity contribution in [3.63, 3.8) is 0 Å². The van der Waals surface area contributed by atoms with Crippen LogP contribution in [-0.4, -0.2) is 12.6 Å². The van der Waals surface area contributed by atoms with Crippen molar-refractivity contribution in [2.24, 2.45) is 0 Å². The van der Waals surface area contributed by atoms with Crippen molar-refractivity contribution in [3.05, 3.63) is 29.8 Å². The zero-order chi connectivity index (χ0) is 10.4. The molecule has 0 spiro atoms. The van der Waals surface area contributed by atoms with Crippen LogP contribution in [0.25, 0.3) is 0 Å². The Morgan fingerprint density at radius 3 is 2.79 bits per heavy atom. The number of carbonyl (C=O) groups excluding carboxylic acids is 1. The molecule has 14 heavy (non-hydrogen) atoms. The Morgan fingerprint density at radius 2 is 2.14 bits per heavy atom. The molecule has 0 heterocycles. The van der Waals surface area contributed by atoms with Gasteiger partial charge in [0.25, 0.3) is 0 Å². The van der Waals surface area contributed by atoms with Crippen molar-refractivity contribution in [2.75, 3.05) is 6.54 Å². The minimum Gasteiger partial charge on any atom is -0.410 e. The second kappa shape index (κ2) is 5.27. The van der Waals surface area contributed by atoms with Crippen LogP contribution in [0, 0.1) is 6.92 Å². The standard InChI is InChI=1S/C11H15NO2/c1-3-8-12-11(13)14-10-7-5-4-6-9(10)2/h4-7H,3,8H2,1-2H3,(H,12,13). The van der Waals surface area contributed by atoms with E-state index in [1.54, 1.807) is 6.07 Å². The first-order valence-electron chi connectivity index (χ1n) is 4.75. The predicted molar refractivity (Wildman–Crippen MR) is 55.5 cm³/mol. The van der Waals surface area contributed by atoms with Crippen LogP contribution in [-0.2, 0) is 0 Å². The predicted octanol–water partition coefficient (Wildman–Crippen LogP) is 2.49. The molecule has 1 amide bonds. The summed E-state index contributed by atoms with van der Waals surface area (Å²) in [6, 6.07) is 7.44. The van der Waals surface area contributed by atoms with Gasteiger partial charge in [0.2, 0.25) is 0 Å². The molecule has 1 aromatic rings. The maximum Gasteiger partial charge on any atom is 0.412 e. The Labute approximate surface area is 84.1 Å². The van der Waals surface area contributed by atoms with Gasteiger partial charge in [0.15, 0.2) is 0 Å². The van der Waals surface area contributed by atoms with Gasteiger partial charge in [-0.25, -0.2) is 4.79 Å². The van der Waals surface area contributed by atoms with Crippen LogP contribution in [0.4, 0.5) is 4.79 Å². The summed E-state index contributed by atoms with van der Waals surface area (Å²) >= 11 is 0. The number of nitrogens with one attached hydrogen (secondary N) is 1. The molecule has 3 nitrogen and oxygen atoms in total. The van der Waals surface area contributed by atoms with E-state index in [4.69, 9.17) is 4.74 Å². The largest absolute Gasteiger partial charge is 0.412 e. The summed E-state index contributed by atoms with van der Waals surface area (Å²) in [5.74, 6) is 0.612. The number of hydrogen-bond acceptors (Lipinski definition) is 2. The first-order chi connectivity index (χ1) is 6.74. The van der Waals surface area contributed by atoms with Crippen molar-refractivity contribution in [1.29, 1.82) is 0 Å². The molecule has 1 aromatic carbocycles. The fraction of sp³-hybridized carbons (Fsp3) is 0.364. The Hall–Kier alpha value is -1.51. The number of para-hydroxylation sites is 1. The van der Waals surface area contributed by atoms with Crippen molar-refractivity contribution < 1.29 is 9.53 Å². The molecule has 0 saturated carbocycles. The minimum absolute atomic E-state index is 0.388. The van der Waals surface area contributed by atoms with E-state index in [-0.39, 0.29) is 6.09 Å². The normalized spacial score (nSPS) is 9.57. The van der Waals surface area contributed by atoms with Crippen molar-refractivity contribution >= 4 is 6.09 Å². The van der Waals surface area contributed by atoms with Gasteiger partial charge in [-0.1, -0.05) is 25.1 Å². The molecule has 0 aromatic heterocycles. The average Bonchev–Trinajstić information content (AvgIpc) is 2.18. The van der Waals surface area contributed by atoms with Gasteiger partial charge in [-0.05, 0) is 25.0 Å². The van der Waals surface area contributed by atoms with Crippen molar-refractivity contribution in [1.82, 2.24) is 5.32 Å². The summed E-state index contributed by atoms with van der Waals surface area (Å²) in [6.45, 7) is 4.54. The highest BCUT2D eigenvalue weighted by Gasteiger charge is 2.04. The van der Waals surface area contributed by atoms with Crippen LogP contribution < -0.4 is 10.1 Å². The number of rotatable bonds is 3. The van der Waals surface area contributed by atoms with E-state index in [0.717, 1.165) is 12.0 Å². The van der Waals surface area contributed by atoms with E-state index in [0.29, 0.717) is 12.3 Å². The molecular weight excluding hydrogens is 178 g/mol. The van der Waals surface area contributed by atoms with Gasteiger partial charge < -0.3 is 10.1 Å². The lowest BCUT2D eigenvalue weighted by molar-refractivity contribution is 0.200. The molecule has 0 bridgehead atoms. The van der Waals surface area contributed by atoms with E-state index in [1.807, 2.05) is 32.0 Å². The van der Waals surface area contributed by atoms with E-state index in [9.17, 15) is 4.79 Å². The van der Waals surface area contributed by atoms with Gasteiger partial charge in [-0.2, -0.15) is 0 Å². The van der Waals surface area contributed by atoms with Crippen LogP contribution >= 0.6 is 0 Å². The molecule has 0 aliphatic heterocycles. The van der Waals surface area contributed by atoms with Gasteiger partial charge in [0.05, 0.1) is 0 Å². The molecule has 0 aliphatic carbocycles. The Kier molecular flexibility index (Phi) is 3.98. The molecule has 0 saturated heterocycles. The van der Waals surface area contributed by atoms with Crippen LogP contribution in [0.15, 0.2) is 24.3 Å². The van der Waals surface area contributed by atoms with Gasteiger partial charge in [-0.3, -0.25) is 0 Å². The first-order valence-corrected chi connectivity index (χ1v) is 4.75. The zero-order valence-corrected chi connectivity index (χ0v) is 8.54. The number of benzene rings is 1. The highest BCUT2D eigenvalue weighted by Crippen LogP contribution is 2.15. The van der Waals surface area contributed by atoms with Crippen LogP contribution in [0.1, 0.15) is 18.9 Å². The molecular formula is C11H15NO2. The molecule has 0 atom stereocenters. The van der Waals surface area contributed by atoms with Gasteiger partial charge in [-0.15, -0.1) is 0 Å². The Morgan fingerprint density at radius 1 is 1.43 bits per heavy atom. The third kappa shape index (κ3) is 3.09. The van der Waals surface area contributed by atoms with Crippen molar-refractivity contribution in [3.8, 4) is 5.75 Å². The number of hydrogen-bond donors (Lipinski definition) is 1. The molecule has 0 radical (unpaired) electrons. The van der Waals surface area contributed by atoms with Crippen molar-refractivity contribution in [2.45, 2.75) is 20.3 Å². The maximum atomic E-state index is 11.2. The summed E-state index contributed by atoms with van der Waals surface area (Å²) < 4.78 is 5.10. The number of ether oxygens (including phenoxy) is 1. The van der Waals surface area contributed by atoms with E-state index in [2.05, 4.69) is 5.32 Å². The molecule has 1 rings (SSSR count). The molecule has 0 aliphatic rings. The Bertz CT molecular complexity index is 310. The summed E-state index contributed by atoms with van der Waals surface area (Å²) in [7, 11) is 0. The number of carbonyl (C=O) groups is 1. The fourth-order valence-electron chi connectivity index (χ4n) is 1.03. The number of aryl methyl sites for hydroxylation is 1. The quantitative estimate of drug-likeness (QED) is 0.800. The van der Waals surface area contributed by atoms with Gasteiger partial charge >= 0.3 is 6.09 Å². The monoisotopic (exact) mass is 193 g/mol. The van der Waals surface area contributed by atoms with Crippen LogP contribution in [0.3, 0.4) is 0 Å². The van der Waals surface area contributed by atoms with Gasteiger partial charge in [0.1, 0.15) is 5.75 Å². The summed E-state index contributed by atoms with van der Waals surface area (Å²) in [6.07, 6.45) is 0.518. The first kappa shape index (κ1) is 10.6. The summed E-state index contributed by atoms with van der Waals surface area (Å²) in [5, 5.41) is 2.65. The van der Waals surface area contributed by atoms with E-state index >= 15 is 0 Å². The maximum absolute atomic E-state index is 11.2. The third-order valence-corrected chi connectivity index (χ3v) is 1.82. The SMILES string of the molecule is CCCNC(=O)Oc1ccccc1C. The molecule has 1 N–H and O–H groups in total. The van der Waals surface area contributed by atoms with Crippen LogP contribution in [0.2, 0.25) is 0 Å². The summed E-state index contributed by atoms with van der Waals surface area (Å²) in [5.41, 5.74) is 0.958. The lowest BCUT2D eigenvalue weighted by atomic mass is 10.2. The summed E-state index contributed by atoms with van der Waals surface area (Å²) in [4.78, 5) is 11.2. The topological polar surface area (TPSA) is 38.3 Å². The smallest absolute Gasteiger partial charge is 0.410 e. The highest BCUT2D eigenvalue weighted by molar-refractivity contribution is 5.70. The highest BCUT2D eigenvalue weighted by atomic mass is 16.6. The second-order valence-corrected chi connectivity index (χ2v) is 3.08. The third-order valence-electron chi connectivity index (χ3n) is 1.82. The van der Waals surface area contributed by atoms with E-state index in [1.165, 1.54) is 0 Å². The second-order valence-electron chi connectivity index (χ2n) is 3.08. The van der Waals surface area contributed by atoms with E-state index < -0.39 is 0 Å². The lowest BCUT2D eigenvalue weighted by Crippen LogP contribution is -2.27. The lowest BCUT2D eigenvalue weighted by Gasteiger charge is -2.07.